The van der Waals surface area contributed by atoms with Crippen LogP contribution in [0.3, 0.4) is 0 Å². The minimum absolute atomic E-state index is 0.143. The maximum atomic E-state index is 12.0. The van der Waals surface area contributed by atoms with Crippen molar-refractivity contribution in [3.05, 3.63) is 0 Å². The third-order valence-electron chi connectivity index (χ3n) is 4.48. The normalized spacial score (nSPS) is 35.3. The molecule has 19 heavy (non-hydrogen) atoms. The molecule has 1 amide bonds. The Morgan fingerprint density at radius 3 is 2.74 bits per heavy atom. The highest BCUT2D eigenvalue weighted by atomic mass is 16.5. The second kappa shape index (κ2) is 7.25. The lowest BCUT2D eigenvalue weighted by atomic mass is 9.80. The van der Waals surface area contributed by atoms with Crippen molar-refractivity contribution in [1.29, 1.82) is 0 Å². The Bertz CT molecular complexity index is 290. The second-order valence-corrected chi connectivity index (χ2v) is 6.09. The molecule has 2 atom stereocenters. The Hall–Kier alpha value is -0.610. The van der Waals surface area contributed by atoms with Crippen molar-refractivity contribution >= 4 is 5.91 Å². The summed E-state index contributed by atoms with van der Waals surface area (Å²) >= 11 is 0. The van der Waals surface area contributed by atoms with Gasteiger partial charge in [0.1, 0.15) is 0 Å². The van der Waals surface area contributed by atoms with Crippen LogP contribution in [0.4, 0.5) is 0 Å². The van der Waals surface area contributed by atoms with E-state index in [1.807, 2.05) is 6.92 Å². The van der Waals surface area contributed by atoms with Crippen LogP contribution < -0.4 is 11.1 Å². The van der Waals surface area contributed by atoms with Gasteiger partial charge in [0.15, 0.2) is 0 Å². The average molecular weight is 268 g/mol. The zero-order valence-electron chi connectivity index (χ0n) is 12.1. The molecule has 0 aromatic rings. The maximum Gasteiger partial charge on any atom is 0.220 e. The molecule has 110 valence electrons. The van der Waals surface area contributed by atoms with Crippen molar-refractivity contribution in [1.82, 2.24) is 5.32 Å². The standard InChI is InChI=1S/C15H28N2O2/c1-2-19-12-8-11(9-12)10-15(18)17-14-7-5-3-4-6-13(14)16/h11-14H,2-10,16H2,1H3,(H,17,18). The molecule has 2 saturated carbocycles. The van der Waals surface area contributed by atoms with E-state index in [1.165, 1.54) is 19.3 Å². The Balaban J connectivity index is 1.66. The Morgan fingerprint density at radius 1 is 1.26 bits per heavy atom. The minimum Gasteiger partial charge on any atom is -0.378 e. The number of nitrogens with two attached hydrogens (primary N) is 1. The van der Waals surface area contributed by atoms with Gasteiger partial charge in [-0.25, -0.2) is 0 Å². The number of hydrogen-bond acceptors (Lipinski definition) is 3. The Morgan fingerprint density at radius 2 is 2.00 bits per heavy atom. The SMILES string of the molecule is CCOC1CC(CC(=O)NC2CCCCCC2N)C1. The van der Waals surface area contributed by atoms with E-state index in [0.717, 1.165) is 32.3 Å². The van der Waals surface area contributed by atoms with Crippen molar-refractivity contribution in [3.63, 3.8) is 0 Å². The molecule has 0 heterocycles. The van der Waals surface area contributed by atoms with Crippen LogP contribution in [-0.2, 0) is 9.53 Å². The van der Waals surface area contributed by atoms with Gasteiger partial charge in [-0.2, -0.15) is 0 Å². The summed E-state index contributed by atoms with van der Waals surface area (Å²) in [6.07, 6.45) is 8.84. The van der Waals surface area contributed by atoms with Gasteiger partial charge < -0.3 is 15.8 Å². The van der Waals surface area contributed by atoms with Gasteiger partial charge in [-0.15, -0.1) is 0 Å². The van der Waals surface area contributed by atoms with E-state index in [-0.39, 0.29) is 18.0 Å². The van der Waals surface area contributed by atoms with E-state index in [9.17, 15) is 4.79 Å². The van der Waals surface area contributed by atoms with Crippen LogP contribution >= 0.6 is 0 Å². The number of amides is 1. The molecule has 2 fully saturated rings. The predicted octanol–water partition coefficient (Wildman–Crippen LogP) is 1.97. The summed E-state index contributed by atoms with van der Waals surface area (Å²) in [5.74, 6) is 0.695. The first-order valence-electron chi connectivity index (χ1n) is 7.85. The van der Waals surface area contributed by atoms with Gasteiger partial charge in [0.25, 0.3) is 0 Å². The molecule has 3 N–H and O–H groups in total. The monoisotopic (exact) mass is 268 g/mol. The summed E-state index contributed by atoms with van der Waals surface area (Å²) < 4.78 is 5.52. The Kier molecular flexibility index (Phi) is 5.64. The van der Waals surface area contributed by atoms with Crippen LogP contribution in [0.5, 0.6) is 0 Å². The number of nitrogens with one attached hydrogen (secondary N) is 1. The lowest BCUT2D eigenvalue weighted by Crippen LogP contribution is -2.48. The molecule has 2 rings (SSSR count). The molecule has 0 spiro atoms. The van der Waals surface area contributed by atoms with Crippen LogP contribution in [0.15, 0.2) is 0 Å². The van der Waals surface area contributed by atoms with Crippen molar-refractivity contribution in [2.75, 3.05) is 6.61 Å². The molecular weight excluding hydrogens is 240 g/mol. The molecule has 2 aliphatic carbocycles. The first-order chi connectivity index (χ1) is 9.19. The highest BCUT2D eigenvalue weighted by Crippen LogP contribution is 2.32. The van der Waals surface area contributed by atoms with Crippen LogP contribution in [0.2, 0.25) is 0 Å². The fourth-order valence-electron chi connectivity index (χ4n) is 3.26. The molecule has 4 heteroatoms. The van der Waals surface area contributed by atoms with E-state index < -0.39 is 0 Å². The number of hydrogen-bond donors (Lipinski definition) is 2. The zero-order valence-corrected chi connectivity index (χ0v) is 12.1. The molecule has 0 aromatic carbocycles. The topological polar surface area (TPSA) is 64.3 Å². The van der Waals surface area contributed by atoms with Gasteiger partial charge in [0, 0.05) is 25.1 Å². The van der Waals surface area contributed by atoms with Crippen LogP contribution in [0, 0.1) is 5.92 Å². The highest BCUT2D eigenvalue weighted by molar-refractivity contribution is 5.76. The molecule has 0 saturated heterocycles. The quantitative estimate of drug-likeness (QED) is 0.749. The number of ether oxygens (including phenoxy) is 1. The highest BCUT2D eigenvalue weighted by Gasteiger charge is 2.32. The molecule has 0 bridgehead atoms. The molecular formula is C15H28N2O2. The van der Waals surface area contributed by atoms with Gasteiger partial charge in [-0.3, -0.25) is 4.79 Å². The fraction of sp³-hybridized carbons (Fsp3) is 0.933. The molecule has 2 unspecified atom stereocenters. The van der Waals surface area contributed by atoms with Crippen molar-refractivity contribution < 1.29 is 9.53 Å². The van der Waals surface area contributed by atoms with E-state index in [2.05, 4.69) is 5.32 Å². The predicted molar refractivity (Wildman–Crippen MR) is 75.7 cm³/mol. The largest absolute Gasteiger partial charge is 0.378 e. The lowest BCUT2D eigenvalue weighted by Gasteiger charge is -2.35. The molecule has 2 aliphatic rings. The maximum absolute atomic E-state index is 12.0. The summed E-state index contributed by atoms with van der Waals surface area (Å²) in [6.45, 7) is 2.80. The number of carbonyl (C=O) groups is 1. The van der Waals surface area contributed by atoms with Crippen LogP contribution in [0.25, 0.3) is 0 Å². The lowest BCUT2D eigenvalue weighted by molar-refractivity contribution is -0.125. The summed E-state index contributed by atoms with van der Waals surface area (Å²) in [5.41, 5.74) is 6.13. The van der Waals surface area contributed by atoms with Crippen LogP contribution in [0.1, 0.15) is 58.3 Å². The van der Waals surface area contributed by atoms with E-state index in [1.54, 1.807) is 0 Å². The number of rotatable bonds is 5. The summed E-state index contributed by atoms with van der Waals surface area (Å²) in [7, 11) is 0. The first-order valence-corrected chi connectivity index (χ1v) is 7.85. The summed E-state index contributed by atoms with van der Waals surface area (Å²) in [4.78, 5) is 12.0. The number of carbonyl (C=O) groups excluding carboxylic acids is 1. The third-order valence-corrected chi connectivity index (χ3v) is 4.48. The van der Waals surface area contributed by atoms with Gasteiger partial charge in [0.2, 0.25) is 5.91 Å². The van der Waals surface area contributed by atoms with E-state index in [4.69, 9.17) is 10.5 Å². The smallest absolute Gasteiger partial charge is 0.220 e. The fourth-order valence-corrected chi connectivity index (χ4v) is 3.26. The van der Waals surface area contributed by atoms with Gasteiger partial charge in [-0.05, 0) is 38.5 Å². The van der Waals surface area contributed by atoms with Crippen molar-refractivity contribution in [2.24, 2.45) is 11.7 Å². The van der Waals surface area contributed by atoms with E-state index >= 15 is 0 Å². The van der Waals surface area contributed by atoms with Crippen molar-refractivity contribution in [2.45, 2.75) is 76.5 Å². The van der Waals surface area contributed by atoms with Gasteiger partial charge in [0.05, 0.1) is 6.10 Å². The second-order valence-electron chi connectivity index (χ2n) is 6.09. The average Bonchev–Trinajstić information content (AvgIpc) is 2.52. The Labute approximate surface area is 116 Å². The molecule has 0 aromatic heterocycles. The third kappa shape index (κ3) is 4.46. The van der Waals surface area contributed by atoms with E-state index in [0.29, 0.717) is 18.4 Å². The minimum atomic E-state index is 0.143. The molecule has 0 radical (unpaired) electrons. The van der Waals surface area contributed by atoms with Crippen LogP contribution in [-0.4, -0.2) is 30.7 Å². The first kappa shape index (κ1) is 14.8. The van der Waals surface area contributed by atoms with Gasteiger partial charge in [-0.1, -0.05) is 19.3 Å². The van der Waals surface area contributed by atoms with Crippen molar-refractivity contribution in [3.8, 4) is 0 Å². The van der Waals surface area contributed by atoms with Gasteiger partial charge >= 0.3 is 0 Å². The molecule has 4 nitrogen and oxygen atoms in total. The zero-order chi connectivity index (χ0) is 13.7. The molecule has 0 aliphatic heterocycles. The summed E-state index contributed by atoms with van der Waals surface area (Å²) in [5, 5.41) is 3.15. The summed E-state index contributed by atoms with van der Waals surface area (Å²) in [6, 6.07) is 0.335.